The van der Waals surface area contributed by atoms with Crippen molar-refractivity contribution in [1.82, 2.24) is 24.9 Å². The van der Waals surface area contributed by atoms with E-state index in [0.29, 0.717) is 12.1 Å². The molecule has 0 radical (unpaired) electrons. The number of nitrogens with zero attached hydrogens (tertiary/aromatic N) is 4. The van der Waals surface area contributed by atoms with Crippen LogP contribution in [0.1, 0.15) is 40.1 Å². The molecule has 0 saturated carbocycles. The molecule has 1 amide bonds. The molecular weight excluding hydrogens is 382 g/mol. The molecule has 0 aliphatic carbocycles. The van der Waals surface area contributed by atoms with Crippen molar-refractivity contribution in [2.45, 2.75) is 26.4 Å². The Bertz CT molecular complexity index is 899. The van der Waals surface area contributed by atoms with Crippen LogP contribution in [0.5, 0.6) is 0 Å². The Morgan fingerprint density at radius 1 is 1.36 bits per heavy atom. The first-order valence-electron chi connectivity index (χ1n) is 8.00. The molecule has 7 heteroatoms. The Kier molecular flexibility index (Phi) is 5.03. The summed E-state index contributed by atoms with van der Waals surface area (Å²) in [6.45, 7) is 4.53. The monoisotopic (exact) mass is 401 g/mol. The molecule has 0 fully saturated rings. The van der Waals surface area contributed by atoms with Gasteiger partial charge in [-0.15, -0.1) is 0 Å². The van der Waals surface area contributed by atoms with Crippen molar-refractivity contribution < 1.29 is 4.79 Å². The van der Waals surface area contributed by atoms with Gasteiger partial charge in [-0.2, -0.15) is 10.2 Å². The van der Waals surface area contributed by atoms with Gasteiger partial charge in [-0.3, -0.25) is 14.2 Å². The van der Waals surface area contributed by atoms with E-state index in [1.165, 1.54) is 0 Å². The fourth-order valence-electron chi connectivity index (χ4n) is 2.82. The Labute approximate surface area is 155 Å². The van der Waals surface area contributed by atoms with Crippen molar-refractivity contribution in [3.05, 3.63) is 69.7 Å². The topological polar surface area (TPSA) is 64.7 Å². The lowest BCUT2D eigenvalue weighted by atomic mass is 10.1. The molecule has 1 unspecified atom stereocenters. The molecule has 0 aliphatic heterocycles. The number of hydrogen-bond donors (Lipinski definition) is 1. The van der Waals surface area contributed by atoms with Gasteiger partial charge in [-0.05, 0) is 47.5 Å². The Balaban J connectivity index is 1.71. The van der Waals surface area contributed by atoms with Gasteiger partial charge in [0.15, 0.2) is 0 Å². The minimum atomic E-state index is -0.105. The smallest absolute Gasteiger partial charge is 0.251 e. The maximum atomic E-state index is 12.6. The van der Waals surface area contributed by atoms with Crippen molar-refractivity contribution >= 4 is 21.8 Å². The van der Waals surface area contributed by atoms with Crippen molar-refractivity contribution in [2.75, 3.05) is 0 Å². The first kappa shape index (κ1) is 17.4. The fraction of sp³-hybridized carbons (Fsp3) is 0.278. The second-order valence-electron chi connectivity index (χ2n) is 6.10. The third-order valence-electron chi connectivity index (χ3n) is 4.00. The summed E-state index contributed by atoms with van der Waals surface area (Å²) < 4.78 is 4.51. The number of hydrogen-bond acceptors (Lipinski definition) is 3. The summed E-state index contributed by atoms with van der Waals surface area (Å²) in [7, 11) is 1.88. The number of rotatable bonds is 5. The Hall–Kier alpha value is -2.41. The molecule has 130 valence electrons. The molecule has 2 aromatic heterocycles. The van der Waals surface area contributed by atoms with Crippen LogP contribution in [0.2, 0.25) is 0 Å². The summed E-state index contributed by atoms with van der Waals surface area (Å²) in [6.07, 6.45) is 5.58. The SMILES string of the molecule is Cc1nn(C)cc1C(C)NC(=O)c1cccc(Cn2cc(Br)cn2)c1. The molecule has 25 heavy (non-hydrogen) atoms. The quantitative estimate of drug-likeness (QED) is 0.713. The summed E-state index contributed by atoms with van der Waals surface area (Å²) in [6, 6.07) is 7.49. The Morgan fingerprint density at radius 2 is 2.16 bits per heavy atom. The molecule has 0 saturated heterocycles. The first-order chi connectivity index (χ1) is 11.9. The molecule has 1 atom stereocenters. The highest BCUT2D eigenvalue weighted by molar-refractivity contribution is 9.10. The van der Waals surface area contributed by atoms with Crippen LogP contribution in [0, 0.1) is 6.92 Å². The van der Waals surface area contributed by atoms with Crippen molar-refractivity contribution in [3.8, 4) is 0 Å². The van der Waals surface area contributed by atoms with E-state index < -0.39 is 0 Å². The first-order valence-corrected chi connectivity index (χ1v) is 8.79. The van der Waals surface area contributed by atoms with Gasteiger partial charge in [0.25, 0.3) is 5.91 Å². The number of nitrogens with one attached hydrogen (secondary N) is 1. The van der Waals surface area contributed by atoms with Crippen LogP contribution in [0.25, 0.3) is 0 Å². The van der Waals surface area contributed by atoms with E-state index in [4.69, 9.17) is 0 Å². The van der Waals surface area contributed by atoms with Gasteiger partial charge in [0.1, 0.15) is 0 Å². The van der Waals surface area contributed by atoms with Crippen molar-refractivity contribution in [2.24, 2.45) is 7.05 Å². The molecular formula is C18H20BrN5O. The summed E-state index contributed by atoms with van der Waals surface area (Å²) in [5, 5.41) is 11.6. The number of amides is 1. The molecule has 2 heterocycles. The zero-order chi connectivity index (χ0) is 18.0. The van der Waals surface area contributed by atoms with Crippen LogP contribution in [0.3, 0.4) is 0 Å². The van der Waals surface area contributed by atoms with Crippen molar-refractivity contribution in [1.29, 1.82) is 0 Å². The summed E-state index contributed by atoms with van der Waals surface area (Å²) in [5.74, 6) is -0.0979. The molecule has 3 aromatic rings. The second-order valence-corrected chi connectivity index (χ2v) is 7.01. The molecule has 0 spiro atoms. The van der Waals surface area contributed by atoms with E-state index >= 15 is 0 Å². The summed E-state index contributed by atoms with van der Waals surface area (Å²) >= 11 is 3.39. The van der Waals surface area contributed by atoms with Crippen LogP contribution in [-0.4, -0.2) is 25.5 Å². The third kappa shape index (κ3) is 4.17. The number of benzene rings is 1. The molecule has 1 N–H and O–H groups in total. The van der Waals surface area contributed by atoms with Crippen molar-refractivity contribution in [3.63, 3.8) is 0 Å². The van der Waals surface area contributed by atoms with Gasteiger partial charge >= 0.3 is 0 Å². The van der Waals surface area contributed by atoms with E-state index in [2.05, 4.69) is 31.4 Å². The normalized spacial score (nSPS) is 12.2. The average molecular weight is 402 g/mol. The van der Waals surface area contributed by atoms with E-state index in [0.717, 1.165) is 21.3 Å². The van der Waals surface area contributed by atoms with Crippen LogP contribution < -0.4 is 5.32 Å². The van der Waals surface area contributed by atoms with Gasteiger partial charge in [0, 0.05) is 30.6 Å². The Morgan fingerprint density at radius 3 is 2.80 bits per heavy atom. The number of aryl methyl sites for hydroxylation is 2. The number of carbonyl (C=O) groups is 1. The zero-order valence-corrected chi connectivity index (χ0v) is 16.0. The number of halogens is 1. The highest BCUT2D eigenvalue weighted by Gasteiger charge is 2.15. The fourth-order valence-corrected chi connectivity index (χ4v) is 3.15. The number of carbonyl (C=O) groups excluding carboxylic acids is 1. The summed E-state index contributed by atoms with van der Waals surface area (Å²) in [5.41, 5.74) is 3.60. The lowest BCUT2D eigenvalue weighted by Gasteiger charge is -2.14. The highest BCUT2D eigenvalue weighted by atomic mass is 79.9. The van der Waals surface area contributed by atoms with E-state index in [9.17, 15) is 4.79 Å². The second kappa shape index (κ2) is 7.23. The minimum absolute atomic E-state index is 0.0979. The van der Waals surface area contributed by atoms with Crippen LogP contribution in [0.15, 0.2) is 47.3 Å². The molecule has 1 aromatic carbocycles. The van der Waals surface area contributed by atoms with E-state index in [-0.39, 0.29) is 11.9 Å². The lowest BCUT2D eigenvalue weighted by molar-refractivity contribution is 0.0939. The molecule has 3 rings (SSSR count). The largest absolute Gasteiger partial charge is 0.345 e. The van der Waals surface area contributed by atoms with Crippen LogP contribution >= 0.6 is 15.9 Å². The number of aromatic nitrogens is 4. The van der Waals surface area contributed by atoms with Gasteiger partial charge in [0.05, 0.1) is 29.0 Å². The van der Waals surface area contributed by atoms with Gasteiger partial charge < -0.3 is 5.32 Å². The average Bonchev–Trinajstić information content (AvgIpc) is 3.12. The van der Waals surface area contributed by atoms with Gasteiger partial charge in [-0.25, -0.2) is 0 Å². The molecule has 0 aliphatic rings. The van der Waals surface area contributed by atoms with E-state index in [1.807, 2.05) is 62.2 Å². The summed E-state index contributed by atoms with van der Waals surface area (Å²) in [4.78, 5) is 12.6. The van der Waals surface area contributed by atoms with Crippen LogP contribution in [0.4, 0.5) is 0 Å². The van der Waals surface area contributed by atoms with Crippen LogP contribution in [-0.2, 0) is 13.6 Å². The van der Waals surface area contributed by atoms with E-state index in [1.54, 1.807) is 10.9 Å². The molecule has 6 nitrogen and oxygen atoms in total. The van der Waals surface area contributed by atoms with Gasteiger partial charge in [-0.1, -0.05) is 12.1 Å². The zero-order valence-electron chi connectivity index (χ0n) is 14.4. The minimum Gasteiger partial charge on any atom is -0.345 e. The third-order valence-corrected chi connectivity index (χ3v) is 4.41. The molecule has 0 bridgehead atoms. The maximum Gasteiger partial charge on any atom is 0.251 e. The predicted octanol–water partition coefficient (Wildman–Crippen LogP) is 3.23. The highest BCUT2D eigenvalue weighted by Crippen LogP contribution is 2.17. The lowest BCUT2D eigenvalue weighted by Crippen LogP contribution is -2.27. The standard InChI is InChI=1S/C18H20BrN5O/c1-12(17-11-23(3)22-13(17)2)21-18(25)15-6-4-5-14(7-15)9-24-10-16(19)8-20-24/h4-8,10-12H,9H2,1-3H3,(H,21,25). The van der Waals surface area contributed by atoms with Gasteiger partial charge in [0.2, 0.25) is 0 Å². The predicted molar refractivity (Wildman–Crippen MR) is 99.3 cm³/mol. The maximum absolute atomic E-state index is 12.6.